The van der Waals surface area contributed by atoms with Crippen LogP contribution < -0.4 is 14.4 Å². The Balaban J connectivity index is 1.56. The third-order valence-electron chi connectivity index (χ3n) is 3.98. The Morgan fingerprint density at radius 3 is 2.73 bits per heavy atom. The molecule has 7 nitrogen and oxygen atoms in total. The molecule has 0 spiro atoms. The SMILES string of the molecule is Cc1nc(OCCNS(=O)(=O)c2cccc(F)c2)cc(N2CCCC2)n1. The van der Waals surface area contributed by atoms with Crippen molar-refractivity contribution in [1.29, 1.82) is 0 Å². The number of ether oxygens (including phenoxy) is 1. The highest BCUT2D eigenvalue weighted by Gasteiger charge is 2.16. The van der Waals surface area contributed by atoms with Gasteiger partial charge in [-0.2, -0.15) is 4.98 Å². The van der Waals surface area contributed by atoms with Gasteiger partial charge in [0.05, 0.1) is 4.90 Å². The number of sulfonamides is 1. The summed E-state index contributed by atoms with van der Waals surface area (Å²) in [5, 5.41) is 0. The maximum absolute atomic E-state index is 13.2. The lowest BCUT2D eigenvalue weighted by atomic mass is 10.4. The molecule has 140 valence electrons. The summed E-state index contributed by atoms with van der Waals surface area (Å²) < 4.78 is 45.3. The Kier molecular flexibility index (Phi) is 5.67. The maximum Gasteiger partial charge on any atom is 0.240 e. The van der Waals surface area contributed by atoms with Crippen LogP contribution in [-0.2, 0) is 10.0 Å². The Bertz CT molecular complexity index is 870. The molecule has 1 aromatic carbocycles. The molecule has 1 aliphatic heterocycles. The second-order valence-corrected chi connectivity index (χ2v) is 7.78. The highest BCUT2D eigenvalue weighted by Crippen LogP contribution is 2.21. The number of aromatic nitrogens is 2. The van der Waals surface area contributed by atoms with Crippen LogP contribution in [-0.4, -0.2) is 44.6 Å². The summed E-state index contributed by atoms with van der Waals surface area (Å²) in [6, 6.07) is 6.61. The molecule has 2 aromatic rings. The first-order valence-electron chi connectivity index (χ1n) is 8.43. The van der Waals surface area contributed by atoms with Crippen molar-refractivity contribution >= 4 is 15.8 Å². The van der Waals surface area contributed by atoms with Gasteiger partial charge in [-0.3, -0.25) is 0 Å². The van der Waals surface area contributed by atoms with E-state index in [2.05, 4.69) is 19.6 Å². The first-order chi connectivity index (χ1) is 12.4. The minimum atomic E-state index is -3.78. The van der Waals surface area contributed by atoms with Crippen LogP contribution in [0.2, 0.25) is 0 Å². The molecule has 0 aliphatic carbocycles. The monoisotopic (exact) mass is 380 g/mol. The van der Waals surface area contributed by atoms with Gasteiger partial charge in [0.1, 0.15) is 24.1 Å². The largest absolute Gasteiger partial charge is 0.476 e. The fourth-order valence-electron chi connectivity index (χ4n) is 2.76. The van der Waals surface area contributed by atoms with Crippen LogP contribution in [0.1, 0.15) is 18.7 Å². The Morgan fingerprint density at radius 2 is 2.00 bits per heavy atom. The first kappa shape index (κ1) is 18.5. The number of halogens is 1. The van der Waals surface area contributed by atoms with Crippen LogP contribution >= 0.6 is 0 Å². The van der Waals surface area contributed by atoms with Crippen LogP contribution in [0.3, 0.4) is 0 Å². The summed E-state index contributed by atoms with van der Waals surface area (Å²) in [6.07, 6.45) is 2.28. The zero-order chi connectivity index (χ0) is 18.6. The van der Waals surface area contributed by atoms with Crippen LogP contribution in [0.5, 0.6) is 5.88 Å². The van der Waals surface area contributed by atoms with Gasteiger partial charge in [0.2, 0.25) is 15.9 Å². The van der Waals surface area contributed by atoms with Crippen LogP contribution in [0.25, 0.3) is 0 Å². The summed E-state index contributed by atoms with van der Waals surface area (Å²) >= 11 is 0. The van der Waals surface area contributed by atoms with Gasteiger partial charge in [-0.05, 0) is 38.0 Å². The summed E-state index contributed by atoms with van der Waals surface area (Å²) in [5.74, 6) is 1.23. The second-order valence-electron chi connectivity index (χ2n) is 6.01. The lowest BCUT2D eigenvalue weighted by Crippen LogP contribution is -2.28. The van der Waals surface area contributed by atoms with Gasteiger partial charge in [0, 0.05) is 25.7 Å². The van der Waals surface area contributed by atoms with E-state index in [9.17, 15) is 12.8 Å². The van der Waals surface area contributed by atoms with E-state index in [1.807, 2.05) is 0 Å². The lowest BCUT2D eigenvalue weighted by Gasteiger charge is -2.17. The zero-order valence-corrected chi connectivity index (χ0v) is 15.3. The molecule has 1 saturated heterocycles. The van der Waals surface area contributed by atoms with E-state index in [4.69, 9.17) is 4.74 Å². The van der Waals surface area contributed by atoms with Crippen molar-refractivity contribution in [2.24, 2.45) is 0 Å². The molecule has 9 heteroatoms. The van der Waals surface area contributed by atoms with Gasteiger partial charge >= 0.3 is 0 Å². The van der Waals surface area contributed by atoms with E-state index in [1.54, 1.807) is 13.0 Å². The Morgan fingerprint density at radius 1 is 1.23 bits per heavy atom. The highest BCUT2D eigenvalue weighted by molar-refractivity contribution is 7.89. The first-order valence-corrected chi connectivity index (χ1v) is 9.91. The molecular weight excluding hydrogens is 359 g/mol. The predicted molar refractivity (Wildman–Crippen MR) is 95.3 cm³/mol. The molecule has 0 radical (unpaired) electrons. The molecule has 1 aromatic heterocycles. The Hall–Kier alpha value is -2.26. The third kappa shape index (κ3) is 4.67. The molecule has 1 aliphatic rings. The summed E-state index contributed by atoms with van der Waals surface area (Å²) in [7, 11) is -3.78. The predicted octanol–water partition coefficient (Wildman–Crippen LogP) is 1.88. The van der Waals surface area contributed by atoms with Crippen molar-refractivity contribution in [3.8, 4) is 5.88 Å². The molecule has 3 rings (SSSR count). The van der Waals surface area contributed by atoms with Gasteiger partial charge in [0.25, 0.3) is 0 Å². The molecular formula is C17H21FN4O3S. The van der Waals surface area contributed by atoms with Crippen LogP contribution in [0.4, 0.5) is 10.2 Å². The van der Waals surface area contributed by atoms with Crippen molar-refractivity contribution in [3.63, 3.8) is 0 Å². The van der Waals surface area contributed by atoms with Crippen LogP contribution in [0.15, 0.2) is 35.2 Å². The summed E-state index contributed by atoms with van der Waals surface area (Å²) in [5.41, 5.74) is 0. The molecule has 0 amide bonds. The average molecular weight is 380 g/mol. The number of benzene rings is 1. The molecule has 0 atom stereocenters. The number of hydrogen-bond donors (Lipinski definition) is 1. The van der Waals surface area contributed by atoms with Gasteiger partial charge in [-0.15, -0.1) is 0 Å². The standard InChI is InChI=1S/C17H21FN4O3S/c1-13-20-16(22-8-2-3-9-22)12-17(21-13)25-10-7-19-26(23,24)15-6-4-5-14(18)11-15/h4-6,11-12,19H,2-3,7-10H2,1H3. The number of hydrogen-bond acceptors (Lipinski definition) is 6. The lowest BCUT2D eigenvalue weighted by molar-refractivity contribution is 0.309. The van der Waals surface area contributed by atoms with Crippen molar-refractivity contribution in [2.75, 3.05) is 31.1 Å². The van der Waals surface area contributed by atoms with Crippen molar-refractivity contribution < 1.29 is 17.5 Å². The average Bonchev–Trinajstić information content (AvgIpc) is 3.13. The number of nitrogens with one attached hydrogen (secondary N) is 1. The Labute approximate surface area is 152 Å². The molecule has 26 heavy (non-hydrogen) atoms. The summed E-state index contributed by atoms with van der Waals surface area (Å²) in [6.45, 7) is 3.86. The fraction of sp³-hybridized carbons (Fsp3) is 0.412. The van der Waals surface area contributed by atoms with E-state index in [0.717, 1.165) is 37.8 Å². The van der Waals surface area contributed by atoms with Gasteiger partial charge < -0.3 is 9.64 Å². The van der Waals surface area contributed by atoms with Gasteiger partial charge in [-0.25, -0.2) is 22.5 Å². The second kappa shape index (κ2) is 7.96. The molecule has 0 saturated carbocycles. The van der Waals surface area contributed by atoms with E-state index in [0.29, 0.717) is 11.7 Å². The van der Waals surface area contributed by atoms with E-state index in [-0.39, 0.29) is 18.0 Å². The van der Waals surface area contributed by atoms with Crippen LogP contribution in [0, 0.1) is 12.7 Å². The third-order valence-corrected chi connectivity index (χ3v) is 5.44. The van der Waals surface area contributed by atoms with Gasteiger partial charge in [0.15, 0.2) is 0 Å². The minimum Gasteiger partial charge on any atom is -0.476 e. The smallest absolute Gasteiger partial charge is 0.240 e. The van der Waals surface area contributed by atoms with Crippen molar-refractivity contribution in [1.82, 2.24) is 14.7 Å². The van der Waals surface area contributed by atoms with E-state index < -0.39 is 15.8 Å². The fourth-order valence-corrected chi connectivity index (χ4v) is 3.80. The number of anilines is 1. The quantitative estimate of drug-likeness (QED) is 0.739. The molecule has 1 fully saturated rings. The number of aryl methyl sites for hydroxylation is 1. The van der Waals surface area contributed by atoms with Gasteiger partial charge in [-0.1, -0.05) is 6.07 Å². The normalized spacial score (nSPS) is 14.6. The maximum atomic E-state index is 13.2. The number of nitrogens with zero attached hydrogens (tertiary/aromatic N) is 3. The van der Waals surface area contributed by atoms with Crippen molar-refractivity contribution in [3.05, 3.63) is 42.0 Å². The topological polar surface area (TPSA) is 84.4 Å². The highest BCUT2D eigenvalue weighted by atomic mass is 32.2. The zero-order valence-electron chi connectivity index (χ0n) is 14.5. The molecule has 2 heterocycles. The van der Waals surface area contributed by atoms with E-state index in [1.165, 1.54) is 18.2 Å². The minimum absolute atomic E-state index is 0.0426. The number of rotatable bonds is 7. The molecule has 0 bridgehead atoms. The summed E-state index contributed by atoms with van der Waals surface area (Å²) in [4.78, 5) is 10.7. The molecule has 1 N–H and O–H groups in total. The molecule has 0 unspecified atom stereocenters. The van der Waals surface area contributed by atoms with Crippen molar-refractivity contribution in [2.45, 2.75) is 24.7 Å². The van der Waals surface area contributed by atoms with E-state index >= 15 is 0 Å².